The van der Waals surface area contributed by atoms with Crippen LogP contribution in [-0.4, -0.2) is 11.0 Å². The fourth-order valence-electron chi connectivity index (χ4n) is 2.52. The maximum absolute atomic E-state index is 10.9. The summed E-state index contributed by atoms with van der Waals surface area (Å²) in [6.07, 6.45) is 2.33. The van der Waals surface area contributed by atoms with Crippen molar-refractivity contribution in [2.75, 3.05) is 5.32 Å². The summed E-state index contributed by atoms with van der Waals surface area (Å²) in [6, 6.07) is 5.69. The smallest absolute Gasteiger partial charge is 0.274 e. The highest BCUT2D eigenvalue weighted by Crippen LogP contribution is 2.36. The van der Waals surface area contributed by atoms with Gasteiger partial charge in [-0.25, -0.2) is 0 Å². The topological polar surface area (TPSA) is 55.2 Å². The molecule has 1 aliphatic carbocycles. The van der Waals surface area contributed by atoms with Crippen molar-refractivity contribution in [1.82, 2.24) is 0 Å². The van der Waals surface area contributed by atoms with Crippen molar-refractivity contribution in [3.05, 3.63) is 33.9 Å². The van der Waals surface area contributed by atoms with Crippen LogP contribution in [0.3, 0.4) is 0 Å². The second kappa shape index (κ2) is 4.96. The zero-order valence-corrected chi connectivity index (χ0v) is 11.1. The highest BCUT2D eigenvalue weighted by molar-refractivity contribution is 5.60. The molecule has 0 heterocycles. The van der Waals surface area contributed by atoms with Crippen molar-refractivity contribution in [3.63, 3.8) is 0 Å². The fraction of sp³-hybridized carbons (Fsp3) is 0.571. The van der Waals surface area contributed by atoms with Gasteiger partial charge in [-0.05, 0) is 37.7 Å². The minimum atomic E-state index is -0.321. The first kappa shape index (κ1) is 12.9. The first-order chi connectivity index (χ1) is 8.49. The summed E-state index contributed by atoms with van der Waals surface area (Å²) in [4.78, 5) is 10.5. The number of anilines is 1. The van der Waals surface area contributed by atoms with Crippen molar-refractivity contribution in [2.24, 2.45) is 11.8 Å². The van der Waals surface area contributed by atoms with Gasteiger partial charge in [0, 0.05) is 23.4 Å². The summed E-state index contributed by atoms with van der Waals surface area (Å²) < 4.78 is 0. The zero-order chi connectivity index (χ0) is 13.3. The molecule has 1 N–H and O–H groups in total. The summed E-state index contributed by atoms with van der Waals surface area (Å²) in [5.41, 5.74) is 1.83. The van der Waals surface area contributed by atoms with E-state index in [-0.39, 0.29) is 10.6 Å². The van der Waals surface area contributed by atoms with Gasteiger partial charge in [0.15, 0.2) is 0 Å². The van der Waals surface area contributed by atoms with Crippen molar-refractivity contribution in [2.45, 2.75) is 39.7 Å². The van der Waals surface area contributed by atoms with Crippen LogP contribution in [0.2, 0.25) is 0 Å². The molecular formula is C14H20N2O2. The Morgan fingerprint density at radius 3 is 2.61 bits per heavy atom. The Kier molecular flexibility index (Phi) is 3.55. The van der Waals surface area contributed by atoms with E-state index in [9.17, 15) is 10.1 Å². The molecule has 0 aliphatic heterocycles. The van der Waals surface area contributed by atoms with Crippen molar-refractivity contribution in [3.8, 4) is 0 Å². The van der Waals surface area contributed by atoms with E-state index in [1.54, 1.807) is 19.1 Å². The third-order valence-corrected chi connectivity index (χ3v) is 3.98. The molecule has 1 aliphatic rings. The largest absolute Gasteiger partial charge is 0.382 e. The number of nitrogens with zero attached hydrogens (tertiary/aromatic N) is 1. The van der Waals surface area contributed by atoms with Crippen LogP contribution in [0.25, 0.3) is 0 Å². The maximum atomic E-state index is 10.9. The molecule has 1 fully saturated rings. The minimum Gasteiger partial charge on any atom is -0.382 e. The third-order valence-electron chi connectivity index (χ3n) is 3.98. The first-order valence-electron chi connectivity index (χ1n) is 6.49. The third kappa shape index (κ3) is 2.47. The van der Waals surface area contributed by atoms with E-state index < -0.39 is 0 Å². The number of nitro groups is 1. The number of hydrogen-bond acceptors (Lipinski definition) is 3. The quantitative estimate of drug-likeness (QED) is 0.652. The predicted octanol–water partition coefficient (Wildman–Crippen LogP) is 3.75. The molecule has 0 saturated heterocycles. The molecule has 0 unspecified atom stereocenters. The van der Waals surface area contributed by atoms with Gasteiger partial charge in [0.2, 0.25) is 0 Å². The van der Waals surface area contributed by atoms with Crippen molar-refractivity contribution < 1.29 is 4.92 Å². The molecule has 98 valence electrons. The van der Waals surface area contributed by atoms with E-state index in [1.807, 2.05) is 6.07 Å². The van der Waals surface area contributed by atoms with Crippen LogP contribution in [0.15, 0.2) is 18.2 Å². The van der Waals surface area contributed by atoms with Crippen LogP contribution in [0, 0.1) is 28.9 Å². The average molecular weight is 248 g/mol. The molecule has 0 atom stereocenters. The summed E-state index contributed by atoms with van der Waals surface area (Å²) >= 11 is 0. The lowest BCUT2D eigenvalue weighted by Crippen LogP contribution is -2.38. The molecule has 2 rings (SSSR count). The fourth-order valence-corrected chi connectivity index (χ4v) is 2.52. The summed E-state index contributed by atoms with van der Waals surface area (Å²) in [5, 5.41) is 14.3. The Hall–Kier alpha value is -1.58. The molecule has 0 spiro atoms. The summed E-state index contributed by atoms with van der Waals surface area (Å²) in [5.74, 6) is 1.52. The Morgan fingerprint density at radius 1 is 1.39 bits per heavy atom. The molecule has 1 saturated carbocycles. The second-order valence-corrected chi connectivity index (χ2v) is 5.52. The molecule has 4 heteroatoms. The number of benzene rings is 1. The van der Waals surface area contributed by atoms with E-state index >= 15 is 0 Å². The van der Waals surface area contributed by atoms with Crippen LogP contribution in [0.5, 0.6) is 0 Å². The highest BCUT2D eigenvalue weighted by Gasteiger charge is 2.31. The Bertz CT molecular complexity index is 451. The van der Waals surface area contributed by atoms with Crippen molar-refractivity contribution in [1.29, 1.82) is 0 Å². The second-order valence-electron chi connectivity index (χ2n) is 5.52. The van der Waals surface area contributed by atoms with Gasteiger partial charge >= 0.3 is 0 Å². The zero-order valence-electron chi connectivity index (χ0n) is 11.1. The molecule has 0 radical (unpaired) electrons. The summed E-state index contributed by atoms with van der Waals surface area (Å²) in [7, 11) is 0. The molecule has 0 amide bonds. The molecule has 0 aromatic heterocycles. The molecule has 4 nitrogen and oxygen atoms in total. The number of hydrogen-bond donors (Lipinski definition) is 1. The predicted molar refractivity (Wildman–Crippen MR) is 72.8 cm³/mol. The van der Waals surface area contributed by atoms with Gasteiger partial charge in [-0.2, -0.15) is 0 Å². The Morgan fingerprint density at radius 2 is 2.06 bits per heavy atom. The van der Waals surface area contributed by atoms with Crippen LogP contribution in [-0.2, 0) is 0 Å². The molecule has 1 aromatic carbocycles. The monoisotopic (exact) mass is 248 g/mol. The van der Waals surface area contributed by atoms with Gasteiger partial charge in [-0.15, -0.1) is 0 Å². The van der Waals surface area contributed by atoms with Gasteiger partial charge in [0.05, 0.1) is 4.92 Å². The first-order valence-corrected chi connectivity index (χ1v) is 6.49. The van der Waals surface area contributed by atoms with Gasteiger partial charge in [0.1, 0.15) is 0 Å². The van der Waals surface area contributed by atoms with Crippen LogP contribution >= 0.6 is 0 Å². The van der Waals surface area contributed by atoms with Crippen LogP contribution in [0.1, 0.15) is 32.3 Å². The minimum absolute atomic E-state index is 0.194. The van der Waals surface area contributed by atoms with Crippen molar-refractivity contribution >= 4 is 11.4 Å². The molecule has 18 heavy (non-hydrogen) atoms. The van der Waals surface area contributed by atoms with E-state index in [1.165, 1.54) is 12.8 Å². The maximum Gasteiger partial charge on any atom is 0.274 e. The normalized spacial score (nSPS) is 22.7. The van der Waals surface area contributed by atoms with E-state index in [2.05, 4.69) is 19.2 Å². The SMILES string of the molecule is Cc1c(NC2CC(C(C)C)C2)cccc1[N+](=O)[O-]. The lowest BCUT2D eigenvalue weighted by atomic mass is 9.73. The average Bonchev–Trinajstić information content (AvgIpc) is 2.23. The number of rotatable bonds is 4. The lowest BCUT2D eigenvalue weighted by molar-refractivity contribution is -0.385. The summed E-state index contributed by atoms with van der Waals surface area (Å²) in [6.45, 7) is 6.30. The van der Waals surface area contributed by atoms with Gasteiger partial charge in [0.25, 0.3) is 5.69 Å². The van der Waals surface area contributed by atoms with Gasteiger partial charge in [-0.1, -0.05) is 19.9 Å². The van der Waals surface area contributed by atoms with Gasteiger partial charge < -0.3 is 5.32 Å². The highest BCUT2D eigenvalue weighted by atomic mass is 16.6. The lowest BCUT2D eigenvalue weighted by Gasteiger charge is -2.39. The number of nitrogens with one attached hydrogen (secondary N) is 1. The van der Waals surface area contributed by atoms with Gasteiger partial charge in [-0.3, -0.25) is 10.1 Å². The van der Waals surface area contributed by atoms with Crippen LogP contribution < -0.4 is 5.32 Å². The Labute approximate surface area is 108 Å². The Balaban J connectivity index is 2.03. The standard InChI is InChI=1S/C14H20N2O2/c1-9(2)11-7-12(8-11)15-13-5-4-6-14(10(13)3)16(17)18/h4-6,9,11-12,15H,7-8H2,1-3H3. The van der Waals surface area contributed by atoms with E-state index in [4.69, 9.17) is 0 Å². The molecular weight excluding hydrogens is 228 g/mol. The van der Waals surface area contributed by atoms with E-state index in [0.29, 0.717) is 6.04 Å². The molecule has 0 bridgehead atoms. The van der Waals surface area contributed by atoms with E-state index in [0.717, 1.165) is 23.1 Å². The number of nitro benzene ring substituents is 1. The molecule has 1 aromatic rings. The van der Waals surface area contributed by atoms with Crippen LogP contribution in [0.4, 0.5) is 11.4 Å².